The number of hydrogen-bond acceptors (Lipinski definition) is 4. The number of hydrogen-bond donors (Lipinski definition) is 1. The molecule has 1 N–H and O–H groups in total. The quantitative estimate of drug-likeness (QED) is 0.442. The lowest BCUT2D eigenvalue weighted by Gasteiger charge is -2.14. The molecule has 8 heavy (non-hydrogen) atoms. The SMILES string of the molecule is CN1CN(C)N(C)N1. The molecular formula is C4H12N4. The lowest BCUT2D eigenvalue weighted by atomic mass is 10.9. The molecule has 0 bridgehead atoms. The molecular weight excluding hydrogens is 104 g/mol. The maximum Gasteiger partial charge on any atom is 0.0805 e. The first-order chi connectivity index (χ1) is 3.70. The van der Waals surface area contributed by atoms with Gasteiger partial charge in [0.25, 0.3) is 0 Å². The van der Waals surface area contributed by atoms with Crippen molar-refractivity contribution in [3.8, 4) is 0 Å². The number of hydrazine groups is 3. The summed E-state index contributed by atoms with van der Waals surface area (Å²) in [5.74, 6) is 0. The Morgan fingerprint density at radius 1 is 1.25 bits per heavy atom. The molecule has 48 valence electrons. The first-order valence-corrected chi connectivity index (χ1v) is 2.62. The van der Waals surface area contributed by atoms with Crippen LogP contribution in [-0.2, 0) is 0 Å². The lowest BCUT2D eigenvalue weighted by Crippen LogP contribution is -2.37. The van der Waals surface area contributed by atoms with E-state index in [1.165, 1.54) is 0 Å². The highest BCUT2D eigenvalue weighted by molar-refractivity contribution is 4.46. The molecule has 0 aromatic carbocycles. The zero-order chi connectivity index (χ0) is 6.15. The molecule has 0 atom stereocenters. The molecule has 0 radical (unpaired) electrons. The first-order valence-electron chi connectivity index (χ1n) is 2.62. The third-order valence-electron chi connectivity index (χ3n) is 1.24. The van der Waals surface area contributed by atoms with Crippen LogP contribution in [0.4, 0.5) is 0 Å². The van der Waals surface area contributed by atoms with Crippen molar-refractivity contribution in [2.75, 3.05) is 27.8 Å². The molecule has 1 aliphatic rings. The van der Waals surface area contributed by atoms with E-state index in [0.717, 1.165) is 6.67 Å². The second kappa shape index (κ2) is 1.99. The average Bonchev–Trinajstić information content (AvgIpc) is 1.85. The number of nitrogens with zero attached hydrogens (tertiary/aromatic N) is 3. The van der Waals surface area contributed by atoms with Crippen LogP contribution < -0.4 is 5.53 Å². The van der Waals surface area contributed by atoms with Gasteiger partial charge in [-0.05, 0) is 0 Å². The second-order valence-corrected chi connectivity index (χ2v) is 2.12. The Hall–Kier alpha value is -0.160. The predicted octanol–water partition coefficient (Wildman–Crippen LogP) is -0.912. The summed E-state index contributed by atoms with van der Waals surface area (Å²) in [6.07, 6.45) is 0. The molecule has 1 aliphatic heterocycles. The van der Waals surface area contributed by atoms with Gasteiger partial charge in [-0.2, -0.15) is 10.7 Å². The van der Waals surface area contributed by atoms with Crippen LogP contribution in [0.2, 0.25) is 0 Å². The molecule has 1 heterocycles. The lowest BCUT2D eigenvalue weighted by molar-refractivity contribution is 0.0360. The summed E-state index contributed by atoms with van der Waals surface area (Å²) in [5.41, 5.74) is 3.06. The molecule has 0 aromatic rings. The zero-order valence-corrected chi connectivity index (χ0v) is 5.55. The van der Waals surface area contributed by atoms with Gasteiger partial charge in [0, 0.05) is 21.1 Å². The fourth-order valence-electron chi connectivity index (χ4n) is 0.757. The second-order valence-electron chi connectivity index (χ2n) is 2.12. The maximum absolute atomic E-state index is 3.06. The van der Waals surface area contributed by atoms with Crippen LogP contribution in [0.3, 0.4) is 0 Å². The highest BCUT2D eigenvalue weighted by Crippen LogP contribution is 1.95. The molecule has 0 aliphatic carbocycles. The van der Waals surface area contributed by atoms with Gasteiger partial charge in [0.15, 0.2) is 0 Å². The zero-order valence-electron chi connectivity index (χ0n) is 5.55. The minimum Gasteiger partial charge on any atom is -0.217 e. The summed E-state index contributed by atoms with van der Waals surface area (Å²) in [6.45, 7) is 0.941. The minimum atomic E-state index is 0.941. The van der Waals surface area contributed by atoms with E-state index in [4.69, 9.17) is 0 Å². The third kappa shape index (κ3) is 0.976. The van der Waals surface area contributed by atoms with Gasteiger partial charge in [0.1, 0.15) is 0 Å². The van der Waals surface area contributed by atoms with E-state index in [0.29, 0.717) is 0 Å². The van der Waals surface area contributed by atoms with E-state index in [2.05, 4.69) is 10.5 Å². The fourth-order valence-corrected chi connectivity index (χ4v) is 0.757. The third-order valence-corrected chi connectivity index (χ3v) is 1.24. The predicted molar refractivity (Wildman–Crippen MR) is 31.3 cm³/mol. The molecule has 0 spiro atoms. The van der Waals surface area contributed by atoms with Gasteiger partial charge in [0.05, 0.1) is 6.67 Å². The van der Waals surface area contributed by atoms with Gasteiger partial charge in [-0.25, -0.2) is 10.0 Å². The molecule has 1 fully saturated rings. The summed E-state index contributed by atoms with van der Waals surface area (Å²) >= 11 is 0. The topological polar surface area (TPSA) is 21.8 Å². The van der Waals surface area contributed by atoms with Gasteiger partial charge < -0.3 is 0 Å². The van der Waals surface area contributed by atoms with Crippen LogP contribution in [0, 0.1) is 0 Å². The fraction of sp³-hybridized carbons (Fsp3) is 1.00. The van der Waals surface area contributed by atoms with Crippen molar-refractivity contribution in [2.45, 2.75) is 0 Å². The van der Waals surface area contributed by atoms with Crippen LogP contribution in [0.25, 0.3) is 0 Å². The minimum absolute atomic E-state index is 0.941. The molecule has 0 unspecified atom stereocenters. The maximum atomic E-state index is 3.06. The van der Waals surface area contributed by atoms with E-state index < -0.39 is 0 Å². The van der Waals surface area contributed by atoms with Crippen LogP contribution in [0.5, 0.6) is 0 Å². The summed E-state index contributed by atoms with van der Waals surface area (Å²) in [4.78, 5) is 0. The molecule has 4 heteroatoms. The summed E-state index contributed by atoms with van der Waals surface area (Å²) in [6, 6.07) is 0. The molecule has 0 saturated carbocycles. The summed E-state index contributed by atoms with van der Waals surface area (Å²) < 4.78 is 0. The normalized spacial score (nSPS) is 27.4. The summed E-state index contributed by atoms with van der Waals surface area (Å²) in [5, 5.41) is 6.00. The van der Waals surface area contributed by atoms with Crippen molar-refractivity contribution >= 4 is 0 Å². The van der Waals surface area contributed by atoms with Gasteiger partial charge in [-0.1, -0.05) is 0 Å². The van der Waals surface area contributed by atoms with E-state index in [9.17, 15) is 0 Å². The Kier molecular flexibility index (Phi) is 1.48. The van der Waals surface area contributed by atoms with E-state index in [1.807, 2.05) is 31.3 Å². The average molecular weight is 116 g/mol. The van der Waals surface area contributed by atoms with Gasteiger partial charge >= 0.3 is 0 Å². The highest BCUT2D eigenvalue weighted by atomic mass is 16.0. The largest absolute Gasteiger partial charge is 0.217 e. The van der Waals surface area contributed by atoms with E-state index >= 15 is 0 Å². The van der Waals surface area contributed by atoms with E-state index in [-0.39, 0.29) is 0 Å². The molecule has 0 amide bonds. The smallest absolute Gasteiger partial charge is 0.0805 e. The Labute approximate surface area is 49.6 Å². The van der Waals surface area contributed by atoms with Crippen molar-refractivity contribution in [1.82, 2.24) is 20.7 Å². The Morgan fingerprint density at radius 2 is 1.88 bits per heavy atom. The highest BCUT2D eigenvalue weighted by Gasteiger charge is 2.16. The first kappa shape index (κ1) is 5.97. The molecule has 4 nitrogen and oxygen atoms in total. The van der Waals surface area contributed by atoms with Crippen LogP contribution >= 0.6 is 0 Å². The van der Waals surface area contributed by atoms with Crippen LogP contribution in [-0.4, -0.2) is 42.9 Å². The van der Waals surface area contributed by atoms with Crippen molar-refractivity contribution in [2.24, 2.45) is 0 Å². The van der Waals surface area contributed by atoms with Crippen molar-refractivity contribution in [1.29, 1.82) is 0 Å². The van der Waals surface area contributed by atoms with Crippen molar-refractivity contribution < 1.29 is 0 Å². The van der Waals surface area contributed by atoms with Crippen molar-refractivity contribution in [3.05, 3.63) is 0 Å². The summed E-state index contributed by atoms with van der Waals surface area (Å²) in [7, 11) is 6.00. The van der Waals surface area contributed by atoms with Crippen LogP contribution in [0.15, 0.2) is 0 Å². The van der Waals surface area contributed by atoms with Crippen LogP contribution in [0.1, 0.15) is 0 Å². The Morgan fingerprint density at radius 3 is 2.00 bits per heavy atom. The van der Waals surface area contributed by atoms with Gasteiger partial charge in [-0.3, -0.25) is 0 Å². The molecule has 1 rings (SSSR count). The standard InChI is InChI=1S/C4H12N4/c1-6-4-7(2)8(3)5-6/h5H,4H2,1-3H3. The van der Waals surface area contributed by atoms with Gasteiger partial charge in [0.2, 0.25) is 0 Å². The van der Waals surface area contributed by atoms with E-state index in [1.54, 1.807) is 0 Å². The number of nitrogens with one attached hydrogen (secondary N) is 1. The van der Waals surface area contributed by atoms with Gasteiger partial charge in [-0.15, -0.1) is 0 Å². The molecule has 0 aromatic heterocycles. The Bertz CT molecular complexity index is 74.1. The monoisotopic (exact) mass is 116 g/mol. The van der Waals surface area contributed by atoms with Crippen molar-refractivity contribution in [3.63, 3.8) is 0 Å². The number of rotatable bonds is 0. The molecule has 1 saturated heterocycles. The Balaban J connectivity index is 2.39.